The number of benzene rings is 1. The van der Waals surface area contributed by atoms with Gasteiger partial charge >= 0.3 is 0 Å². The van der Waals surface area contributed by atoms with Crippen molar-refractivity contribution in [2.75, 3.05) is 7.05 Å². The molecule has 1 N–H and O–H groups in total. The lowest BCUT2D eigenvalue weighted by molar-refractivity contribution is -0.122. The molecule has 1 aromatic carbocycles. The highest BCUT2D eigenvalue weighted by Crippen LogP contribution is 2.24. The van der Waals surface area contributed by atoms with E-state index in [9.17, 15) is 13.2 Å². The van der Waals surface area contributed by atoms with E-state index in [2.05, 4.69) is 10.4 Å². The predicted octanol–water partition coefficient (Wildman–Crippen LogP) is 3.44. The maximum Gasteiger partial charge on any atom is 0.246 e. The lowest BCUT2D eigenvalue weighted by Gasteiger charge is -2.17. The van der Waals surface area contributed by atoms with Gasteiger partial charge < -0.3 is 9.73 Å². The summed E-state index contributed by atoms with van der Waals surface area (Å²) in [5.41, 5.74) is 1.65. The van der Waals surface area contributed by atoms with Gasteiger partial charge in [-0.15, -0.1) is 0 Å². The van der Waals surface area contributed by atoms with Crippen LogP contribution in [0, 0.1) is 13.8 Å². The smallest absolute Gasteiger partial charge is 0.246 e. The van der Waals surface area contributed by atoms with Gasteiger partial charge in [-0.25, -0.2) is 8.42 Å². The van der Waals surface area contributed by atoms with Crippen molar-refractivity contribution < 1.29 is 17.6 Å². The van der Waals surface area contributed by atoms with Crippen LogP contribution in [0.4, 0.5) is 0 Å². The second-order valence-electron chi connectivity index (χ2n) is 7.34. The minimum Gasteiger partial charge on any atom is -0.468 e. The lowest BCUT2D eigenvalue weighted by atomic mass is 10.1. The molecule has 0 bridgehead atoms. The molecule has 0 spiro atoms. The topological polar surface area (TPSA) is 97.4 Å². The number of halogens is 1. The number of nitrogens with zero attached hydrogens (tertiary/aromatic N) is 3. The first kappa shape index (κ1) is 23.1. The van der Waals surface area contributed by atoms with Crippen LogP contribution in [0.5, 0.6) is 0 Å². The molecular formula is C21H25ClN4O4S. The molecule has 166 valence electrons. The average molecular weight is 465 g/mol. The van der Waals surface area contributed by atoms with E-state index in [0.717, 1.165) is 5.56 Å². The number of nitrogens with one attached hydrogen (secondary N) is 1. The van der Waals surface area contributed by atoms with Gasteiger partial charge in [0.25, 0.3) is 0 Å². The molecule has 8 nitrogen and oxygen atoms in total. The van der Waals surface area contributed by atoms with Crippen LogP contribution in [0.2, 0.25) is 5.02 Å². The van der Waals surface area contributed by atoms with Crippen LogP contribution in [-0.4, -0.2) is 35.5 Å². The number of furan rings is 1. The highest BCUT2D eigenvalue weighted by molar-refractivity contribution is 7.89. The summed E-state index contributed by atoms with van der Waals surface area (Å²) in [5.74, 6) is 0.255. The van der Waals surface area contributed by atoms with E-state index in [4.69, 9.17) is 16.0 Å². The van der Waals surface area contributed by atoms with Gasteiger partial charge in [-0.2, -0.15) is 9.40 Å². The van der Waals surface area contributed by atoms with Crippen LogP contribution in [0.1, 0.15) is 35.7 Å². The second kappa shape index (κ2) is 9.25. The van der Waals surface area contributed by atoms with Crippen LogP contribution in [0.15, 0.2) is 52.0 Å². The molecule has 1 amide bonds. The molecule has 0 aliphatic carbocycles. The molecule has 2 heterocycles. The zero-order valence-corrected chi connectivity index (χ0v) is 19.4. The average Bonchev–Trinajstić information content (AvgIpc) is 3.30. The first-order chi connectivity index (χ1) is 14.6. The van der Waals surface area contributed by atoms with E-state index < -0.39 is 10.0 Å². The molecule has 10 heteroatoms. The van der Waals surface area contributed by atoms with Crippen molar-refractivity contribution >= 4 is 27.5 Å². The Morgan fingerprint density at radius 1 is 1.26 bits per heavy atom. The van der Waals surface area contributed by atoms with Crippen molar-refractivity contribution in [3.05, 3.63) is 70.4 Å². The number of aryl methyl sites for hydroxylation is 1. The van der Waals surface area contributed by atoms with Crippen LogP contribution in [0.3, 0.4) is 0 Å². The molecule has 0 aliphatic heterocycles. The van der Waals surface area contributed by atoms with E-state index in [1.165, 1.54) is 22.3 Å². The summed E-state index contributed by atoms with van der Waals surface area (Å²) in [6, 6.07) is 10.4. The molecule has 0 aliphatic rings. The third kappa shape index (κ3) is 5.17. The highest BCUT2D eigenvalue weighted by atomic mass is 35.5. The van der Waals surface area contributed by atoms with Crippen molar-refractivity contribution in [2.24, 2.45) is 0 Å². The zero-order chi connectivity index (χ0) is 22.8. The van der Waals surface area contributed by atoms with E-state index >= 15 is 0 Å². The molecule has 0 saturated carbocycles. The van der Waals surface area contributed by atoms with Gasteiger partial charge in [0.2, 0.25) is 15.9 Å². The van der Waals surface area contributed by atoms with E-state index in [1.807, 2.05) is 19.1 Å². The maximum atomic E-state index is 13.1. The van der Waals surface area contributed by atoms with Crippen molar-refractivity contribution in [3.63, 3.8) is 0 Å². The quantitative estimate of drug-likeness (QED) is 0.550. The fourth-order valence-electron chi connectivity index (χ4n) is 3.33. The van der Waals surface area contributed by atoms with Crippen molar-refractivity contribution in [3.8, 4) is 0 Å². The molecule has 31 heavy (non-hydrogen) atoms. The molecule has 3 rings (SSSR count). The predicted molar refractivity (Wildman–Crippen MR) is 117 cm³/mol. The molecule has 0 radical (unpaired) electrons. The summed E-state index contributed by atoms with van der Waals surface area (Å²) < 4.78 is 34.1. The standard InChI is InChI=1S/C21H25ClN4O4S/c1-14(17-7-9-18(22)10-8-17)23-20(27)13-26-16(3)21(15(2)24-26)31(28,29)25(4)12-19-6-5-11-30-19/h5-11,14H,12-13H2,1-4H3,(H,23,27). The summed E-state index contributed by atoms with van der Waals surface area (Å²) >= 11 is 5.91. The van der Waals surface area contributed by atoms with Gasteiger partial charge in [0.05, 0.1) is 30.2 Å². The molecule has 1 atom stereocenters. The van der Waals surface area contributed by atoms with Gasteiger partial charge in [0, 0.05) is 12.1 Å². The first-order valence-electron chi connectivity index (χ1n) is 9.67. The Hall–Kier alpha value is -2.62. The molecular weight excluding hydrogens is 440 g/mol. The summed E-state index contributed by atoms with van der Waals surface area (Å²) in [7, 11) is -2.33. The SMILES string of the molecule is Cc1nn(CC(=O)NC(C)c2ccc(Cl)cc2)c(C)c1S(=O)(=O)N(C)Cc1ccco1. The normalized spacial score (nSPS) is 12.8. The minimum absolute atomic E-state index is 0.0952. The zero-order valence-electron chi connectivity index (χ0n) is 17.8. The Morgan fingerprint density at radius 2 is 1.94 bits per heavy atom. The van der Waals surface area contributed by atoms with Crippen LogP contribution >= 0.6 is 11.6 Å². The van der Waals surface area contributed by atoms with Crippen LogP contribution < -0.4 is 5.32 Å². The molecule has 2 aromatic heterocycles. The summed E-state index contributed by atoms with van der Waals surface area (Å²) in [4.78, 5) is 12.7. The van der Waals surface area contributed by atoms with Crippen LogP contribution in [0.25, 0.3) is 0 Å². The van der Waals surface area contributed by atoms with Crippen LogP contribution in [-0.2, 0) is 27.9 Å². The third-order valence-electron chi connectivity index (χ3n) is 4.98. The molecule has 1 unspecified atom stereocenters. The Morgan fingerprint density at radius 3 is 2.55 bits per heavy atom. The molecule has 0 saturated heterocycles. The molecule has 0 fully saturated rings. The van der Waals surface area contributed by atoms with Crippen molar-refractivity contribution in [2.45, 2.75) is 44.8 Å². The first-order valence-corrected chi connectivity index (χ1v) is 11.5. The monoisotopic (exact) mass is 464 g/mol. The van der Waals surface area contributed by atoms with Crippen molar-refractivity contribution in [1.29, 1.82) is 0 Å². The van der Waals surface area contributed by atoms with Gasteiger partial charge in [-0.3, -0.25) is 9.48 Å². The Kier molecular flexibility index (Phi) is 6.88. The van der Waals surface area contributed by atoms with Gasteiger partial charge in [0.1, 0.15) is 17.2 Å². The van der Waals surface area contributed by atoms with Gasteiger partial charge in [0.15, 0.2) is 0 Å². The van der Waals surface area contributed by atoms with E-state index in [0.29, 0.717) is 22.2 Å². The third-order valence-corrected chi connectivity index (χ3v) is 7.29. The summed E-state index contributed by atoms with van der Waals surface area (Å²) in [6.45, 7) is 5.12. The number of hydrogen-bond acceptors (Lipinski definition) is 5. The number of aromatic nitrogens is 2. The number of sulfonamides is 1. The fraction of sp³-hybridized carbons (Fsp3) is 0.333. The minimum atomic E-state index is -3.82. The van der Waals surface area contributed by atoms with E-state index in [1.54, 1.807) is 38.1 Å². The number of carbonyl (C=O) groups is 1. The largest absolute Gasteiger partial charge is 0.468 e. The number of amides is 1. The molecule has 3 aromatic rings. The van der Waals surface area contributed by atoms with Gasteiger partial charge in [-0.1, -0.05) is 23.7 Å². The fourth-order valence-corrected chi connectivity index (χ4v) is 4.96. The lowest BCUT2D eigenvalue weighted by Crippen LogP contribution is -2.31. The summed E-state index contributed by atoms with van der Waals surface area (Å²) in [5, 5.41) is 7.81. The van der Waals surface area contributed by atoms with Gasteiger partial charge in [-0.05, 0) is 50.6 Å². The Labute approximate surface area is 186 Å². The maximum absolute atomic E-state index is 13.1. The number of hydrogen-bond donors (Lipinski definition) is 1. The summed E-state index contributed by atoms with van der Waals surface area (Å²) in [6.07, 6.45) is 1.49. The van der Waals surface area contributed by atoms with Crippen molar-refractivity contribution in [1.82, 2.24) is 19.4 Å². The number of rotatable bonds is 8. The second-order valence-corrected chi connectivity index (χ2v) is 9.76. The van der Waals surface area contributed by atoms with E-state index in [-0.39, 0.29) is 29.9 Å². The highest BCUT2D eigenvalue weighted by Gasteiger charge is 2.29. The Bertz CT molecular complexity index is 1150. The Balaban J connectivity index is 1.74. The number of carbonyl (C=O) groups excluding carboxylic acids is 1.